The van der Waals surface area contributed by atoms with E-state index in [-0.39, 0.29) is 11.2 Å². The SMILES string of the molecule is COc1ccc(CN2C(=O)C(C)SC2=NN=Cc2ccc(OC)cc2OC)cc1. The molecule has 2 aromatic carbocycles. The lowest BCUT2D eigenvalue weighted by molar-refractivity contribution is -0.126. The summed E-state index contributed by atoms with van der Waals surface area (Å²) < 4.78 is 15.7. The molecule has 0 saturated carbocycles. The van der Waals surface area contributed by atoms with Crippen LogP contribution in [0.25, 0.3) is 0 Å². The maximum absolute atomic E-state index is 12.6. The number of methoxy groups -OCH3 is 3. The standard InChI is InChI=1S/C21H23N3O4S/c1-14-20(25)24(13-15-5-8-17(26-2)9-6-15)21(29-14)23-22-12-16-7-10-18(27-3)11-19(16)28-4/h5-12,14H,13H2,1-4H3. The summed E-state index contributed by atoms with van der Waals surface area (Å²) in [5.41, 5.74) is 1.75. The van der Waals surface area contributed by atoms with Gasteiger partial charge in [-0.2, -0.15) is 5.10 Å². The van der Waals surface area contributed by atoms with Crippen LogP contribution in [0.4, 0.5) is 0 Å². The second-order valence-electron chi connectivity index (χ2n) is 6.27. The van der Waals surface area contributed by atoms with E-state index in [4.69, 9.17) is 14.2 Å². The molecular formula is C21H23N3O4S. The van der Waals surface area contributed by atoms with Crippen LogP contribution in [0.5, 0.6) is 17.2 Å². The zero-order valence-corrected chi connectivity index (χ0v) is 17.6. The van der Waals surface area contributed by atoms with Crippen LogP contribution in [0.2, 0.25) is 0 Å². The van der Waals surface area contributed by atoms with Gasteiger partial charge in [0.2, 0.25) is 5.91 Å². The van der Waals surface area contributed by atoms with Gasteiger partial charge in [0.25, 0.3) is 0 Å². The number of carbonyl (C=O) groups is 1. The van der Waals surface area contributed by atoms with Gasteiger partial charge in [-0.1, -0.05) is 23.9 Å². The highest BCUT2D eigenvalue weighted by Crippen LogP contribution is 2.29. The fourth-order valence-electron chi connectivity index (χ4n) is 2.79. The summed E-state index contributed by atoms with van der Waals surface area (Å²) in [6, 6.07) is 13.1. The monoisotopic (exact) mass is 413 g/mol. The highest BCUT2D eigenvalue weighted by molar-refractivity contribution is 8.15. The molecule has 2 aromatic rings. The lowest BCUT2D eigenvalue weighted by Gasteiger charge is -2.15. The number of amides is 1. The van der Waals surface area contributed by atoms with Gasteiger partial charge in [-0.25, -0.2) is 0 Å². The molecule has 1 heterocycles. The molecule has 0 N–H and O–H groups in total. The van der Waals surface area contributed by atoms with E-state index in [0.29, 0.717) is 23.2 Å². The van der Waals surface area contributed by atoms with E-state index in [9.17, 15) is 4.79 Å². The largest absolute Gasteiger partial charge is 0.497 e. The van der Waals surface area contributed by atoms with E-state index in [2.05, 4.69) is 10.2 Å². The van der Waals surface area contributed by atoms with Gasteiger partial charge in [0.05, 0.1) is 39.3 Å². The minimum atomic E-state index is -0.197. The highest BCUT2D eigenvalue weighted by atomic mass is 32.2. The first kappa shape index (κ1) is 20.7. The van der Waals surface area contributed by atoms with E-state index in [1.807, 2.05) is 43.3 Å². The fourth-order valence-corrected chi connectivity index (χ4v) is 3.71. The van der Waals surface area contributed by atoms with Gasteiger partial charge in [-0.3, -0.25) is 9.69 Å². The molecule has 1 unspecified atom stereocenters. The zero-order chi connectivity index (χ0) is 20.8. The number of thioether (sulfide) groups is 1. The predicted octanol–water partition coefficient (Wildman–Crippen LogP) is 3.57. The highest BCUT2D eigenvalue weighted by Gasteiger charge is 2.35. The maximum Gasteiger partial charge on any atom is 0.242 e. The second-order valence-corrected chi connectivity index (χ2v) is 7.58. The van der Waals surface area contributed by atoms with Gasteiger partial charge in [-0.05, 0) is 36.8 Å². The molecule has 7 nitrogen and oxygen atoms in total. The Hall–Kier alpha value is -3.00. The number of benzene rings is 2. The van der Waals surface area contributed by atoms with Crippen molar-refractivity contribution in [3.63, 3.8) is 0 Å². The Morgan fingerprint density at radius 1 is 1.03 bits per heavy atom. The topological polar surface area (TPSA) is 72.7 Å². The van der Waals surface area contributed by atoms with Crippen molar-refractivity contribution < 1.29 is 19.0 Å². The summed E-state index contributed by atoms with van der Waals surface area (Å²) in [5, 5.41) is 8.85. The molecule has 1 fully saturated rings. The van der Waals surface area contributed by atoms with Crippen molar-refractivity contribution >= 4 is 29.1 Å². The summed E-state index contributed by atoms with van der Waals surface area (Å²) in [6.07, 6.45) is 1.60. The Balaban J connectivity index is 1.79. The van der Waals surface area contributed by atoms with Crippen molar-refractivity contribution in [1.29, 1.82) is 0 Å². The smallest absolute Gasteiger partial charge is 0.242 e. The van der Waals surface area contributed by atoms with Crippen molar-refractivity contribution in [1.82, 2.24) is 4.90 Å². The molecule has 1 aliphatic rings. The number of rotatable bonds is 7. The minimum absolute atomic E-state index is 0.0156. The Bertz CT molecular complexity index is 928. The van der Waals surface area contributed by atoms with Gasteiger partial charge in [0.15, 0.2) is 5.17 Å². The number of hydrogen-bond acceptors (Lipinski definition) is 7. The Morgan fingerprint density at radius 3 is 2.38 bits per heavy atom. The summed E-state index contributed by atoms with van der Waals surface area (Å²) in [4.78, 5) is 14.2. The second kappa shape index (κ2) is 9.47. The number of amidine groups is 1. The van der Waals surface area contributed by atoms with Gasteiger partial charge in [0.1, 0.15) is 17.2 Å². The van der Waals surface area contributed by atoms with Gasteiger partial charge >= 0.3 is 0 Å². The molecule has 1 aliphatic heterocycles. The molecule has 0 aromatic heterocycles. The average Bonchev–Trinajstić information content (AvgIpc) is 3.02. The molecule has 0 radical (unpaired) electrons. The third-order valence-corrected chi connectivity index (χ3v) is 5.48. The Labute approximate surface area is 174 Å². The lowest BCUT2D eigenvalue weighted by atomic mass is 10.2. The summed E-state index contributed by atoms with van der Waals surface area (Å²) in [5.74, 6) is 2.12. The van der Waals surface area contributed by atoms with Crippen LogP contribution in [0.3, 0.4) is 0 Å². The van der Waals surface area contributed by atoms with Gasteiger partial charge in [0, 0.05) is 11.6 Å². The number of hydrogen-bond donors (Lipinski definition) is 0. The summed E-state index contributed by atoms with van der Waals surface area (Å²) in [7, 11) is 4.81. The van der Waals surface area contributed by atoms with Crippen LogP contribution in [-0.2, 0) is 11.3 Å². The fraction of sp³-hybridized carbons (Fsp3) is 0.286. The average molecular weight is 413 g/mol. The minimum Gasteiger partial charge on any atom is -0.497 e. The van der Waals surface area contributed by atoms with Crippen LogP contribution in [0.15, 0.2) is 52.7 Å². The van der Waals surface area contributed by atoms with Crippen molar-refractivity contribution in [3.8, 4) is 17.2 Å². The number of carbonyl (C=O) groups excluding carboxylic acids is 1. The third kappa shape index (κ3) is 4.89. The van der Waals surface area contributed by atoms with Crippen LogP contribution in [-0.4, -0.2) is 48.8 Å². The number of ether oxygens (including phenoxy) is 3. The molecule has 1 amide bonds. The molecule has 1 atom stereocenters. The molecule has 0 bridgehead atoms. The Morgan fingerprint density at radius 2 is 1.72 bits per heavy atom. The van der Waals surface area contributed by atoms with E-state index >= 15 is 0 Å². The van der Waals surface area contributed by atoms with E-state index in [0.717, 1.165) is 16.9 Å². The van der Waals surface area contributed by atoms with Crippen molar-refractivity contribution in [2.45, 2.75) is 18.7 Å². The molecule has 152 valence electrons. The molecular weight excluding hydrogens is 390 g/mol. The molecule has 0 aliphatic carbocycles. The van der Waals surface area contributed by atoms with Crippen LogP contribution >= 0.6 is 11.8 Å². The molecule has 8 heteroatoms. The maximum atomic E-state index is 12.6. The third-order valence-electron chi connectivity index (χ3n) is 4.41. The molecule has 29 heavy (non-hydrogen) atoms. The van der Waals surface area contributed by atoms with Gasteiger partial charge in [-0.15, -0.1) is 5.10 Å². The van der Waals surface area contributed by atoms with Crippen LogP contribution in [0.1, 0.15) is 18.1 Å². The van der Waals surface area contributed by atoms with Crippen molar-refractivity contribution in [2.24, 2.45) is 10.2 Å². The van der Waals surface area contributed by atoms with Crippen LogP contribution in [0, 0.1) is 0 Å². The van der Waals surface area contributed by atoms with Crippen molar-refractivity contribution in [3.05, 3.63) is 53.6 Å². The Kier molecular flexibility index (Phi) is 6.77. The predicted molar refractivity (Wildman–Crippen MR) is 115 cm³/mol. The molecule has 0 spiro atoms. The summed E-state index contributed by atoms with van der Waals surface area (Å²) >= 11 is 1.40. The zero-order valence-electron chi connectivity index (χ0n) is 16.8. The normalized spacial score (nSPS) is 17.9. The van der Waals surface area contributed by atoms with Gasteiger partial charge < -0.3 is 14.2 Å². The van der Waals surface area contributed by atoms with Crippen LogP contribution < -0.4 is 14.2 Å². The molecule has 3 rings (SSSR count). The first-order chi connectivity index (χ1) is 14.0. The first-order valence-corrected chi connectivity index (χ1v) is 9.87. The number of nitrogens with zero attached hydrogens (tertiary/aromatic N) is 3. The molecule has 1 saturated heterocycles. The lowest BCUT2D eigenvalue weighted by Crippen LogP contribution is -2.30. The summed E-state index contributed by atoms with van der Waals surface area (Å²) in [6.45, 7) is 2.30. The first-order valence-electron chi connectivity index (χ1n) is 8.99. The quantitative estimate of drug-likeness (QED) is 0.513. The van der Waals surface area contributed by atoms with Crippen molar-refractivity contribution in [2.75, 3.05) is 21.3 Å². The van der Waals surface area contributed by atoms with E-state index < -0.39 is 0 Å². The van der Waals surface area contributed by atoms with E-state index in [1.54, 1.807) is 38.5 Å². The van der Waals surface area contributed by atoms with E-state index in [1.165, 1.54) is 11.8 Å².